The molecule has 0 spiro atoms. The Labute approximate surface area is 114 Å². The van der Waals surface area contributed by atoms with Gasteiger partial charge in [0.1, 0.15) is 5.15 Å². The Morgan fingerprint density at radius 2 is 1.87 bits per heavy atom. The predicted molar refractivity (Wildman–Crippen MR) is 71.7 cm³/mol. The standard InChI is InChI=1S/C10H5Br2Cl2N/c11-7-1-2-8(12)9-6(7)3-5(4-13)10(14)15-9/h1-3H,4H2. The molecule has 78 valence electrons. The molecular formula is C10H5Br2Cl2N. The van der Waals surface area contributed by atoms with Crippen LogP contribution in [0, 0.1) is 0 Å². The maximum atomic E-state index is 6.00. The molecular weight excluding hydrogens is 365 g/mol. The van der Waals surface area contributed by atoms with Crippen LogP contribution in [-0.4, -0.2) is 4.98 Å². The van der Waals surface area contributed by atoms with Crippen LogP contribution in [-0.2, 0) is 5.88 Å². The molecule has 2 rings (SSSR count). The number of nitrogens with zero attached hydrogens (tertiary/aromatic N) is 1. The second-order valence-corrected chi connectivity index (χ2v) is 5.33. The van der Waals surface area contributed by atoms with Gasteiger partial charge in [0.05, 0.1) is 11.4 Å². The molecule has 1 nitrogen and oxygen atoms in total. The minimum Gasteiger partial charge on any atom is -0.235 e. The van der Waals surface area contributed by atoms with E-state index in [0.29, 0.717) is 11.0 Å². The van der Waals surface area contributed by atoms with Crippen molar-refractivity contribution >= 4 is 66.0 Å². The normalized spacial score (nSPS) is 10.9. The number of rotatable bonds is 1. The van der Waals surface area contributed by atoms with E-state index in [-0.39, 0.29) is 0 Å². The molecule has 1 aromatic heterocycles. The highest BCUT2D eigenvalue weighted by atomic mass is 79.9. The van der Waals surface area contributed by atoms with Crippen LogP contribution < -0.4 is 0 Å². The third-order valence-electron chi connectivity index (χ3n) is 2.05. The number of fused-ring (bicyclic) bond motifs is 1. The van der Waals surface area contributed by atoms with Crippen molar-refractivity contribution in [2.24, 2.45) is 0 Å². The van der Waals surface area contributed by atoms with Crippen molar-refractivity contribution in [2.45, 2.75) is 5.88 Å². The molecule has 0 N–H and O–H groups in total. The van der Waals surface area contributed by atoms with Crippen LogP contribution >= 0.6 is 55.1 Å². The number of hydrogen-bond donors (Lipinski definition) is 0. The summed E-state index contributed by atoms with van der Waals surface area (Å²) in [6.45, 7) is 0. The minimum atomic E-state index is 0.362. The summed E-state index contributed by atoms with van der Waals surface area (Å²) in [7, 11) is 0. The fourth-order valence-corrected chi connectivity index (χ4v) is 2.65. The Hall–Kier alpha value is 0.170. The predicted octanol–water partition coefficient (Wildman–Crippen LogP) is 5.15. The summed E-state index contributed by atoms with van der Waals surface area (Å²) >= 11 is 18.7. The number of halogens is 4. The fraction of sp³-hybridized carbons (Fsp3) is 0.100. The first-order valence-electron chi connectivity index (χ1n) is 4.12. The van der Waals surface area contributed by atoms with E-state index in [0.717, 1.165) is 25.4 Å². The van der Waals surface area contributed by atoms with E-state index in [1.54, 1.807) is 0 Å². The van der Waals surface area contributed by atoms with Gasteiger partial charge in [-0.1, -0.05) is 27.5 Å². The van der Waals surface area contributed by atoms with Crippen molar-refractivity contribution in [3.05, 3.63) is 37.9 Å². The molecule has 0 unspecified atom stereocenters. The number of alkyl halides is 1. The zero-order valence-corrected chi connectivity index (χ0v) is 12.1. The highest BCUT2D eigenvalue weighted by Gasteiger charge is 2.08. The van der Waals surface area contributed by atoms with Gasteiger partial charge in [-0.15, -0.1) is 11.6 Å². The third kappa shape index (κ3) is 2.16. The highest BCUT2D eigenvalue weighted by Crippen LogP contribution is 2.32. The average molecular weight is 370 g/mol. The van der Waals surface area contributed by atoms with E-state index < -0.39 is 0 Å². The number of hydrogen-bond acceptors (Lipinski definition) is 1. The van der Waals surface area contributed by atoms with Gasteiger partial charge in [0.2, 0.25) is 0 Å². The molecule has 1 heterocycles. The van der Waals surface area contributed by atoms with Crippen LogP contribution in [0.1, 0.15) is 5.56 Å². The van der Waals surface area contributed by atoms with Crippen molar-refractivity contribution in [2.75, 3.05) is 0 Å². The van der Waals surface area contributed by atoms with Gasteiger partial charge < -0.3 is 0 Å². The van der Waals surface area contributed by atoms with E-state index in [1.807, 2.05) is 18.2 Å². The molecule has 0 fully saturated rings. The number of benzene rings is 1. The Bertz CT molecular complexity index is 528. The number of pyridine rings is 1. The first kappa shape index (κ1) is 11.6. The largest absolute Gasteiger partial charge is 0.235 e. The molecule has 0 saturated carbocycles. The molecule has 0 bridgehead atoms. The smallest absolute Gasteiger partial charge is 0.134 e. The van der Waals surface area contributed by atoms with Crippen LogP contribution in [0.25, 0.3) is 10.9 Å². The van der Waals surface area contributed by atoms with Crippen molar-refractivity contribution in [1.29, 1.82) is 0 Å². The lowest BCUT2D eigenvalue weighted by Crippen LogP contribution is -1.89. The Morgan fingerprint density at radius 3 is 2.53 bits per heavy atom. The summed E-state index contributed by atoms with van der Waals surface area (Å²) in [6.07, 6.45) is 0. The molecule has 0 saturated heterocycles. The quantitative estimate of drug-likeness (QED) is 0.500. The van der Waals surface area contributed by atoms with Gasteiger partial charge in [-0.2, -0.15) is 0 Å². The molecule has 15 heavy (non-hydrogen) atoms. The molecule has 0 aliphatic carbocycles. The minimum absolute atomic E-state index is 0.362. The Balaban J connectivity index is 2.86. The van der Waals surface area contributed by atoms with E-state index in [4.69, 9.17) is 23.2 Å². The lowest BCUT2D eigenvalue weighted by Gasteiger charge is -2.06. The molecule has 5 heteroatoms. The second-order valence-electron chi connectivity index (χ2n) is 3.00. The first-order chi connectivity index (χ1) is 7.13. The van der Waals surface area contributed by atoms with E-state index in [2.05, 4.69) is 36.8 Å². The summed E-state index contributed by atoms with van der Waals surface area (Å²) in [5.41, 5.74) is 1.67. The summed E-state index contributed by atoms with van der Waals surface area (Å²) in [4.78, 5) is 4.31. The summed E-state index contributed by atoms with van der Waals surface area (Å²) < 4.78 is 1.90. The van der Waals surface area contributed by atoms with Gasteiger partial charge in [0.15, 0.2) is 0 Å². The Morgan fingerprint density at radius 1 is 1.20 bits per heavy atom. The molecule has 0 aliphatic rings. The third-order valence-corrected chi connectivity index (χ3v) is 4.00. The monoisotopic (exact) mass is 367 g/mol. The zero-order valence-electron chi connectivity index (χ0n) is 7.40. The van der Waals surface area contributed by atoms with Crippen LogP contribution in [0.4, 0.5) is 0 Å². The SMILES string of the molecule is ClCc1cc2c(Br)ccc(Br)c2nc1Cl. The van der Waals surface area contributed by atoms with Crippen molar-refractivity contribution in [3.8, 4) is 0 Å². The van der Waals surface area contributed by atoms with Crippen molar-refractivity contribution < 1.29 is 0 Å². The molecule has 0 radical (unpaired) electrons. The van der Waals surface area contributed by atoms with Gasteiger partial charge in [0, 0.05) is 19.9 Å². The summed E-state index contributed by atoms with van der Waals surface area (Å²) in [5.74, 6) is 0.362. The average Bonchev–Trinajstić information content (AvgIpc) is 2.23. The lowest BCUT2D eigenvalue weighted by molar-refractivity contribution is 1.29. The van der Waals surface area contributed by atoms with Crippen LogP contribution in [0.2, 0.25) is 5.15 Å². The van der Waals surface area contributed by atoms with Crippen molar-refractivity contribution in [3.63, 3.8) is 0 Å². The molecule has 0 amide bonds. The highest BCUT2D eigenvalue weighted by molar-refractivity contribution is 9.11. The van der Waals surface area contributed by atoms with Gasteiger partial charge >= 0.3 is 0 Å². The zero-order chi connectivity index (χ0) is 11.0. The van der Waals surface area contributed by atoms with Gasteiger partial charge in [-0.25, -0.2) is 4.98 Å². The second kappa shape index (κ2) is 4.58. The maximum absolute atomic E-state index is 6.00. The van der Waals surface area contributed by atoms with E-state index in [1.165, 1.54) is 0 Å². The molecule has 0 aliphatic heterocycles. The van der Waals surface area contributed by atoms with Gasteiger partial charge in [-0.3, -0.25) is 0 Å². The van der Waals surface area contributed by atoms with Crippen LogP contribution in [0.3, 0.4) is 0 Å². The van der Waals surface area contributed by atoms with Gasteiger partial charge in [-0.05, 0) is 34.1 Å². The van der Waals surface area contributed by atoms with Crippen molar-refractivity contribution in [1.82, 2.24) is 4.98 Å². The van der Waals surface area contributed by atoms with E-state index in [9.17, 15) is 0 Å². The summed E-state index contributed by atoms with van der Waals surface area (Å²) in [5, 5.41) is 1.46. The fourth-order valence-electron chi connectivity index (χ4n) is 1.31. The topological polar surface area (TPSA) is 12.9 Å². The summed E-state index contributed by atoms with van der Waals surface area (Å²) in [6, 6.07) is 5.84. The van der Waals surface area contributed by atoms with E-state index >= 15 is 0 Å². The maximum Gasteiger partial charge on any atom is 0.134 e. The van der Waals surface area contributed by atoms with Gasteiger partial charge in [0.25, 0.3) is 0 Å². The Kier molecular flexibility index (Phi) is 3.56. The van der Waals surface area contributed by atoms with Crippen LogP contribution in [0.5, 0.6) is 0 Å². The first-order valence-corrected chi connectivity index (χ1v) is 6.62. The van der Waals surface area contributed by atoms with Crippen LogP contribution in [0.15, 0.2) is 27.1 Å². The molecule has 2 aromatic rings. The molecule has 0 atom stereocenters. The lowest BCUT2D eigenvalue weighted by atomic mass is 10.2. The number of aromatic nitrogens is 1. The molecule has 1 aromatic carbocycles.